The van der Waals surface area contributed by atoms with Crippen LogP contribution in [0.25, 0.3) is 20.5 Å². The first-order valence-corrected chi connectivity index (χ1v) is 10.7. The summed E-state index contributed by atoms with van der Waals surface area (Å²) in [5, 5.41) is 13.4. The third-order valence-corrected chi connectivity index (χ3v) is 6.27. The quantitative estimate of drug-likeness (QED) is 0.319. The van der Waals surface area contributed by atoms with Gasteiger partial charge in [0.2, 0.25) is 0 Å². The van der Waals surface area contributed by atoms with E-state index in [2.05, 4.69) is 11.4 Å². The van der Waals surface area contributed by atoms with Crippen LogP contribution in [0.1, 0.15) is 26.3 Å². The summed E-state index contributed by atoms with van der Waals surface area (Å²) in [6, 6.07) is 19.6. The molecule has 4 aromatic rings. The number of ether oxygens (including phenoxy) is 2. The van der Waals surface area contributed by atoms with Crippen LogP contribution in [0, 0.1) is 11.3 Å². The van der Waals surface area contributed by atoms with Crippen molar-refractivity contribution in [3.05, 3.63) is 77.4 Å². The molecule has 4 rings (SSSR count). The highest BCUT2D eigenvalue weighted by molar-refractivity contribution is 7.22. The minimum atomic E-state index is -0.542. The minimum absolute atomic E-state index is 0.199. The molecule has 164 valence electrons. The molecular formula is C25H19N3O4S. The molecule has 0 aliphatic heterocycles. The number of fused-ring (bicyclic) bond motifs is 1. The Hall–Kier alpha value is -4.35. The molecule has 0 saturated carbocycles. The Morgan fingerprint density at radius 1 is 1.03 bits per heavy atom. The zero-order valence-corrected chi connectivity index (χ0v) is 18.7. The van der Waals surface area contributed by atoms with Crippen molar-refractivity contribution in [2.75, 3.05) is 25.3 Å². The van der Waals surface area contributed by atoms with E-state index in [-0.39, 0.29) is 16.7 Å². The molecule has 3 N–H and O–H groups in total. The SMILES string of the molecule is COC(=O)c1ccc(OC)c(NC(=O)c2cc(C#N)c(N)c(-c3cc4ccccc4s3)c2)c1. The van der Waals surface area contributed by atoms with Crippen molar-refractivity contribution < 1.29 is 19.1 Å². The van der Waals surface area contributed by atoms with Crippen molar-refractivity contribution in [3.8, 4) is 22.3 Å². The average Bonchev–Trinajstić information content (AvgIpc) is 3.27. The second-order valence-corrected chi connectivity index (χ2v) is 8.19. The first-order chi connectivity index (χ1) is 15.9. The number of amides is 1. The Kier molecular flexibility index (Phi) is 5.98. The standard InChI is InChI=1S/C25H19N3O4S/c1-31-20-8-7-15(25(30)32-2)11-19(20)28-24(29)16-9-17(13-26)23(27)18(10-16)22-12-14-5-3-4-6-21(14)33-22/h3-12H,27H2,1-2H3,(H,28,29). The zero-order valence-electron chi connectivity index (χ0n) is 17.8. The van der Waals surface area contributed by atoms with Crippen LogP contribution in [-0.2, 0) is 4.74 Å². The van der Waals surface area contributed by atoms with Gasteiger partial charge in [0.05, 0.1) is 36.7 Å². The van der Waals surface area contributed by atoms with Gasteiger partial charge in [0.15, 0.2) is 0 Å². The van der Waals surface area contributed by atoms with Gasteiger partial charge < -0.3 is 20.5 Å². The molecular weight excluding hydrogens is 438 g/mol. The van der Waals surface area contributed by atoms with E-state index in [1.807, 2.05) is 30.3 Å². The number of carbonyl (C=O) groups excluding carboxylic acids is 2. The fourth-order valence-electron chi connectivity index (χ4n) is 3.44. The highest BCUT2D eigenvalue weighted by Crippen LogP contribution is 2.38. The van der Waals surface area contributed by atoms with Gasteiger partial charge in [-0.25, -0.2) is 4.79 Å². The second kappa shape index (κ2) is 9.02. The van der Waals surface area contributed by atoms with Gasteiger partial charge in [-0.3, -0.25) is 4.79 Å². The summed E-state index contributed by atoms with van der Waals surface area (Å²) >= 11 is 1.53. The number of esters is 1. The maximum atomic E-state index is 13.1. The van der Waals surface area contributed by atoms with E-state index in [1.54, 1.807) is 12.1 Å². The zero-order chi connectivity index (χ0) is 23.5. The van der Waals surface area contributed by atoms with Gasteiger partial charge in [-0.1, -0.05) is 18.2 Å². The molecule has 0 atom stereocenters. The summed E-state index contributed by atoms with van der Waals surface area (Å²) in [4.78, 5) is 25.9. The van der Waals surface area contributed by atoms with Crippen LogP contribution in [-0.4, -0.2) is 26.1 Å². The van der Waals surface area contributed by atoms with Crippen molar-refractivity contribution >= 4 is 44.7 Å². The first-order valence-electron chi connectivity index (χ1n) is 9.85. The maximum absolute atomic E-state index is 13.1. The molecule has 0 radical (unpaired) electrons. The van der Waals surface area contributed by atoms with Gasteiger partial charge in [-0.2, -0.15) is 5.26 Å². The van der Waals surface area contributed by atoms with Crippen molar-refractivity contribution in [3.63, 3.8) is 0 Å². The van der Waals surface area contributed by atoms with Gasteiger partial charge in [0.25, 0.3) is 5.91 Å². The largest absolute Gasteiger partial charge is 0.495 e. The molecule has 8 heteroatoms. The molecule has 0 fully saturated rings. The number of benzene rings is 3. The van der Waals surface area contributed by atoms with Gasteiger partial charge in [0, 0.05) is 20.7 Å². The Morgan fingerprint density at radius 2 is 1.82 bits per heavy atom. The number of hydrogen-bond acceptors (Lipinski definition) is 7. The number of rotatable bonds is 5. The lowest BCUT2D eigenvalue weighted by Crippen LogP contribution is -2.14. The smallest absolute Gasteiger partial charge is 0.337 e. The molecule has 1 amide bonds. The summed E-state index contributed by atoms with van der Waals surface area (Å²) in [7, 11) is 2.73. The van der Waals surface area contributed by atoms with E-state index < -0.39 is 11.9 Å². The van der Waals surface area contributed by atoms with Crippen LogP contribution in [0.4, 0.5) is 11.4 Å². The molecule has 33 heavy (non-hydrogen) atoms. The molecule has 1 aromatic heterocycles. The molecule has 1 heterocycles. The number of nitrogens with two attached hydrogens (primary N) is 1. The topological polar surface area (TPSA) is 114 Å². The number of nitrogens with one attached hydrogen (secondary N) is 1. The Bertz CT molecular complexity index is 1400. The first kappa shape index (κ1) is 21.9. The molecule has 7 nitrogen and oxygen atoms in total. The highest BCUT2D eigenvalue weighted by atomic mass is 32.1. The van der Waals surface area contributed by atoms with E-state index in [0.29, 0.717) is 22.7 Å². The van der Waals surface area contributed by atoms with E-state index >= 15 is 0 Å². The molecule has 3 aromatic carbocycles. The summed E-state index contributed by atoms with van der Waals surface area (Å²) in [6.45, 7) is 0. The van der Waals surface area contributed by atoms with Crippen LogP contribution in [0.3, 0.4) is 0 Å². The molecule has 0 aliphatic carbocycles. The summed E-state index contributed by atoms with van der Waals surface area (Å²) in [6.07, 6.45) is 0. The van der Waals surface area contributed by atoms with Crippen LogP contribution in [0.5, 0.6) is 5.75 Å². The van der Waals surface area contributed by atoms with Gasteiger partial charge in [-0.15, -0.1) is 11.3 Å². The van der Waals surface area contributed by atoms with E-state index in [0.717, 1.165) is 15.0 Å². The van der Waals surface area contributed by atoms with Gasteiger partial charge in [0.1, 0.15) is 11.8 Å². The lowest BCUT2D eigenvalue weighted by molar-refractivity contribution is 0.0600. The molecule has 0 aliphatic rings. The van der Waals surface area contributed by atoms with Crippen molar-refractivity contribution in [1.82, 2.24) is 0 Å². The summed E-state index contributed by atoms with van der Waals surface area (Å²) in [5.74, 6) is -0.648. The third-order valence-electron chi connectivity index (χ3n) is 5.12. The van der Waals surface area contributed by atoms with Gasteiger partial charge >= 0.3 is 5.97 Å². The normalized spacial score (nSPS) is 10.5. The summed E-state index contributed by atoms with van der Waals surface area (Å²) in [5.41, 5.74) is 8.19. The van der Waals surface area contributed by atoms with Crippen LogP contribution < -0.4 is 15.8 Å². The van der Waals surface area contributed by atoms with Crippen LogP contribution in [0.15, 0.2) is 60.7 Å². The highest BCUT2D eigenvalue weighted by Gasteiger charge is 2.18. The number of carbonyl (C=O) groups is 2. The Morgan fingerprint density at radius 3 is 2.52 bits per heavy atom. The maximum Gasteiger partial charge on any atom is 0.337 e. The number of thiophene rings is 1. The second-order valence-electron chi connectivity index (χ2n) is 7.11. The molecule has 0 saturated heterocycles. The van der Waals surface area contributed by atoms with Crippen molar-refractivity contribution in [2.45, 2.75) is 0 Å². The fraction of sp³-hybridized carbons (Fsp3) is 0.0800. The number of nitriles is 1. The number of methoxy groups -OCH3 is 2. The molecule has 0 unspecified atom stereocenters. The Balaban J connectivity index is 1.75. The van der Waals surface area contributed by atoms with Crippen LogP contribution >= 0.6 is 11.3 Å². The molecule has 0 spiro atoms. The van der Waals surface area contributed by atoms with E-state index in [4.69, 9.17) is 15.2 Å². The number of nitrogens with zero attached hydrogens (tertiary/aromatic N) is 1. The van der Waals surface area contributed by atoms with E-state index in [9.17, 15) is 14.9 Å². The Labute approximate surface area is 194 Å². The third kappa shape index (κ3) is 4.22. The van der Waals surface area contributed by atoms with Gasteiger partial charge in [-0.05, 0) is 47.9 Å². The minimum Gasteiger partial charge on any atom is -0.495 e. The number of nitrogen functional groups attached to an aromatic ring is 1. The predicted molar refractivity (Wildman–Crippen MR) is 129 cm³/mol. The lowest BCUT2D eigenvalue weighted by Gasteiger charge is -2.13. The average molecular weight is 458 g/mol. The predicted octanol–water partition coefficient (Wildman–Crippen LogP) is 5.07. The van der Waals surface area contributed by atoms with Crippen molar-refractivity contribution in [1.29, 1.82) is 5.26 Å². The van der Waals surface area contributed by atoms with E-state index in [1.165, 1.54) is 43.8 Å². The molecule has 0 bridgehead atoms. The lowest BCUT2D eigenvalue weighted by atomic mass is 10.0. The number of anilines is 2. The number of hydrogen-bond donors (Lipinski definition) is 2. The fourth-order valence-corrected chi connectivity index (χ4v) is 4.53. The summed E-state index contributed by atoms with van der Waals surface area (Å²) < 4.78 is 11.1. The monoisotopic (exact) mass is 457 g/mol. The van der Waals surface area contributed by atoms with Crippen LogP contribution in [0.2, 0.25) is 0 Å². The van der Waals surface area contributed by atoms with Crippen molar-refractivity contribution in [2.24, 2.45) is 0 Å².